The molecular weight excluding hydrogens is 314 g/mol. The quantitative estimate of drug-likeness (QED) is 0.781. The van der Waals surface area contributed by atoms with Crippen LogP contribution in [0.5, 0.6) is 0 Å². The molecule has 0 saturated carbocycles. The Balaban J connectivity index is 1.75. The number of rotatable bonds is 8. The van der Waals surface area contributed by atoms with Crippen LogP contribution in [-0.4, -0.2) is 21.9 Å². The van der Waals surface area contributed by atoms with Gasteiger partial charge in [-0.15, -0.1) is 22.0 Å². The van der Waals surface area contributed by atoms with Crippen molar-refractivity contribution in [1.29, 1.82) is 0 Å². The summed E-state index contributed by atoms with van der Waals surface area (Å²) in [6.45, 7) is 4.30. The average molecular weight is 335 g/mol. The summed E-state index contributed by atoms with van der Waals surface area (Å²) >= 11 is 3.08. The maximum absolute atomic E-state index is 11.9. The van der Waals surface area contributed by atoms with Crippen molar-refractivity contribution in [3.05, 3.63) is 40.9 Å². The molecule has 22 heavy (non-hydrogen) atoms. The van der Waals surface area contributed by atoms with E-state index in [1.165, 1.54) is 16.9 Å². The molecule has 0 spiro atoms. The molecule has 0 aliphatic heterocycles. The standard InChI is InChI=1S/C16H21N3OS2/c1-3-7-12(2)15-18-19-16(22-15)17-14(20)11-21-10-13-8-5-4-6-9-13/h4-6,8-9,12H,3,7,10-11H2,1-2H3,(H,17,19,20)/t12-/m0/s1. The van der Waals surface area contributed by atoms with Crippen molar-refractivity contribution in [2.45, 2.75) is 38.4 Å². The lowest BCUT2D eigenvalue weighted by Crippen LogP contribution is -2.13. The van der Waals surface area contributed by atoms with Crippen LogP contribution in [0.3, 0.4) is 0 Å². The van der Waals surface area contributed by atoms with Gasteiger partial charge in [0, 0.05) is 11.7 Å². The monoisotopic (exact) mass is 335 g/mol. The topological polar surface area (TPSA) is 54.9 Å². The van der Waals surface area contributed by atoms with Crippen LogP contribution in [0.1, 0.15) is 43.2 Å². The van der Waals surface area contributed by atoms with Crippen molar-refractivity contribution < 1.29 is 4.79 Å². The minimum absolute atomic E-state index is 0.0215. The highest BCUT2D eigenvalue weighted by molar-refractivity contribution is 7.99. The van der Waals surface area contributed by atoms with Gasteiger partial charge in [-0.05, 0) is 12.0 Å². The van der Waals surface area contributed by atoms with Crippen LogP contribution in [0.4, 0.5) is 5.13 Å². The van der Waals surface area contributed by atoms with Gasteiger partial charge in [0.25, 0.3) is 0 Å². The minimum atomic E-state index is -0.0215. The van der Waals surface area contributed by atoms with Crippen molar-refractivity contribution in [2.24, 2.45) is 0 Å². The normalized spacial score (nSPS) is 12.1. The van der Waals surface area contributed by atoms with Gasteiger partial charge in [0.2, 0.25) is 11.0 Å². The van der Waals surface area contributed by atoms with Gasteiger partial charge < -0.3 is 0 Å². The summed E-state index contributed by atoms with van der Waals surface area (Å²) < 4.78 is 0. The Kier molecular flexibility index (Phi) is 6.86. The number of hydrogen-bond acceptors (Lipinski definition) is 5. The molecule has 1 aromatic carbocycles. The first-order valence-electron chi connectivity index (χ1n) is 7.44. The Morgan fingerprint density at radius 1 is 1.32 bits per heavy atom. The molecule has 2 rings (SSSR count). The number of nitrogens with zero attached hydrogens (tertiary/aromatic N) is 2. The van der Waals surface area contributed by atoms with Gasteiger partial charge in [0.05, 0.1) is 5.75 Å². The minimum Gasteiger partial charge on any atom is -0.300 e. The number of carbonyl (C=O) groups is 1. The molecule has 2 aromatic rings. The van der Waals surface area contributed by atoms with Crippen molar-refractivity contribution in [1.82, 2.24) is 10.2 Å². The number of anilines is 1. The van der Waals surface area contributed by atoms with Gasteiger partial charge in [-0.25, -0.2) is 0 Å². The Morgan fingerprint density at radius 3 is 2.82 bits per heavy atom. The van der Waals surface area contributed by atoms with Gasteiger partial charge >= 0.3 is 0 Å². The van der Waals surface area contributed by atoms with Crippen molar-refractivity contribution >= 4 is 34.1 Å². The third kappa shape index (κ3) is 5.42. The second-order valence-corrected chi connectivity index (χ2v) is 7.16. The summed E-state index contributed by atoms with van der Waals surface area (Å²) in [5.74, 6) is 1.64. The van der Waals surface area contributed by atoms with Crippen molar-refractivity contribution in [2.75, 3.05) is 11.1 Å². The van der Waals surface area contributed by atoms with E-state index >= 15 is 0 Å². The molecular formula is C16H21N3OS2. The molecule has 0 radical (unpaired) electrons. The van der Waals surface area contributed by atoms with Crippen LogP contribution in [0.15, 0.2) is 30.3 Å². The van der Waals surface area contributed by atoms with Crippen LogP contribution in [0.2, 0.25) is 0 Å². The highest BCUT2D eigenvalue weighted by Gasteiger charge is 2.13. The fourth-order valence-corrected chi connectivity index (χ4v) is 3.66. The summed E-state index contributed by atoms with van der Waals surface area (Å²) in [7, 11) is 0. The Morgan fingerprint density at radius 2 is 2.09 bits per heavy atom. The maximum Gasteiger partial charge on any atom is 0.236 e. The van der Waals surface area contributed by atoms with E-state index in [2.05, 4.69) is 41.5 Å². The summed E-state index contributed by atoms with van der Waals surface area (Å²) in [5, 5.41) is 12.6. The maximum atomic E-state index is 11.9. The van der Waals surface area contributed by atoms with E-state index < -0.39 is 0 Å². The molecule has 0 bridgehead atoms. The van der Waals surface area contributed by atoms with Gasteiger partial charge in [-0.1, -0.05) is 61.9 Å². The number of hydrogen-bond donors (Lipinski definition) is 1. The molecule has 0 aliphatic carbocycles. The number of carbonyl (C=O) groups excluding carboxylic acids is 1. The average Bonchev–Trinajstić information content (AvgIpc) is 2.97. The lowest BCUT2D eigenvalue weighted by molar-refractivity contribution is -0.113. The summed E-state index contributed by atoms with van der Waals surface area (Å²) in [6.07, 6.45) is 2.22. The zero-order valence-electron chi connectivity index (χ0n) is 12.9. The first-order chi connectivity index (χ1) is 10.7. The number of nitrogens with one attached hydrogen (secondary N) is 1. The van der Waals surface area contributed by atoms with E-state index in [4.69, 9.17) is 0 Å². The SMILES string of the molecule is CCC[C@H](C)c1nnc(NC(=O)CSCc2ccccc2)s1. The van der Waals surface area contributed by atoms with Crippen LogP contribution < -0.4 is 5.32 Å². The lowest BCUT2D eigenvalue weighted by Gasteiger charge is -2.03. The molecule has 4 nitrogen and oxygen atoms in total. The second kappa shape index (κ2) is 8.90. The molecule has 6 heteroatoms. The largest absolute Gasteiger partial charge is 0.300 e. The number of amides is 1. The van der Waals surface area contributed by atoms with E-state index in [1.807, 2.05) is 18.2 Å². The predicted molar refractivity (Wildman–Crippen MR) is 94.5 cm³/mol. The van der Waals surface area contributed by atoms with Crippen LogP contribution in [0.25, 0.3) is 0 Å². The molecule has 118 valence electrons. The zero-order valence-corrected chi connectivity index (χ0v) is 14.5. The van der Waals surface area contributed by atoms with Crippen molar-refractivity contribution in [3.8, 4) is 0 Å². The Hall–Kier alpha value is -1.40. The fourth-order valence-electron chi connectivity index (χ4n) is 2.03. The van der Waals surface area contributed by atoms with Gasteiger partial charge in [-0.3, -0.25) is 10.1 Å². The molecule has 0 aliphatic rings. The van der Waals surface area contributed by atoms with Crippen LogP contribution in [-0.2, 0) is 10.5 Å². The van der Waals surface area contributed by atoms with E-state index in [-0.39, 0.29) is 5.91 Å². The summed E-state index contributed by atoms with van der Waals surface area (Å²) in [4.78, 5) is 11.9. The third-order valence-electron chi connectivity index (χ3n) is 3.17. The van der Waals surface area contributed by atoms with E-state index in [0.29, 0.717) is 16.8 Å². The predicted octanol–water partition coefficient (Wildman–Crippen LogP) is 4.31. The number of aromatic nitrogens is 2. The highest BCUT2D eigenvalue weighted by atomic mass is 32.2. The first kappa shape index (κ1) is 17.0. The third-order valence-corrected chi connectivity index (χ3v) is 5.25. The van der Waals surface area contributed by atoms with E-state index in [9.17, 15) is 4.79 Å². The summed E-state index contributed by atoms with van der Waals surface area (Å²) in [5.41, 5.74) is 1.23. The fraction of sp³-hybridized carbons (Fsp3) is 0.438. The molecule has 1 amide bonds. The van der Waals surface area contributed by atoms with E-state index in [1.54, 1.807) is 11.8 Å². The van der Waals surface area contributed by atoms with Gasteiger partial charge in [0.15, 0.2) is 0 Å². The molecule has 0 fully saturated rings. The first-order valence-corrected chi connectivity index (χ1v) is 9.41. The molecule has 1 N–H and O–H groups in total. The summed E-state index contributed by atoms with van der Waals surface area (Å²) in [6, 6.07) is 10.1. The molecule has 0 saturated heterocycles. The van der Waals surface area contributed by atoms with Crippen LogP contribution >= 0.6 is 23.1 Å². The van der Waals surface area contributed by atoms with Gasteiger partial charge in [0.1, 0.15) is 5.01 Å². The van der Waals surface area contributed by atoms with Crippen molar-refractivity contribution in [3.63, 3.8) is 0 Å². The second-order valence-electron chi connectivity index (χ2n) is 5.16. The highest BCUT2D eigenvalue weighted by Crippen LogP contribution is 2.26. The van der Waals surface area contributed by atoms with Crippen LogP contribution in [0, 0.1) is 0 Å². The smallest absolute Gasteiger partial charge is 0.236 e. The molecule has 1 atom stereocenters. The lowest BCUT2D eigenvalue weighted by atomic mass is 10.1. The Bertz CT molecular complexity index is 586. The molecule has 1 heterocycles. The van der Waals surface area contributed by atoms with Gasteiger partial charge in [-0.2, -0.15) is 0 Å². The number of benzene rings is 1. The number of thioether (sulfide) groups is 1. The molecule has 1 aromatic heterocycles. The zero-order chi connectivity index (χ0) is 15.8. The Labute approximate surface area is 139 Å². The van der Waals surface area contributed by atoms with E-state index in [0.717, 1.165) is 23.6 Å². The molecule has 0 unspecified atom stereocenters.